The number of aryl methyl sites for hydroxylation is 1. The first-order chi connectivity index (χ1) is 13.4. The van der Waals surface area contributed by atoms with Gasteiger partial charge in [-0.3, -0.25) is 4.72 Å². The minimum absolute atomic E-state index is 0.0652. The average molecular weight is 399 g/mol. The van der Waals surface area contributed by atoms with E-state index in [0.29, 0.717) is 5.69 Å². The highest BCUT2D eigenvalue weighted by Gasteiger charge is 2.20. The van der Waals surface area contributed by atoms with Crippen LogP contribution in [0.4, 0.5) is 17.2 Å². The molecule has 0 radical (unpaired) electrons. The fraction of sp³-hybridized carbons (Fsp3) is 0.150. The van der Waals surface area contributed by atoms with E-state index in [9.17, 15) is 8.42 Å². The summed E-state index contributed by atoms with van der Waals surface area (Å²) in [4.78, 5) is 4.25. The van der Waals surface area contributed by atoms with Crippen LogP contribution in [0.15, 0.2) is 65.7 Å². The van der Waals surface area contributed by atoms with Crippen molar-refractivity contribution in [2.45, 2.75) is 11.8 Å². The quantitative estimate of drug-likeness (QED) is 0.625. The summed E-state index contributed by atoms with van der Waals surface area (Å²) in [5, 5.41) is 3.19. The van der Waals surface area contributed by atoms with Crippen molar-refractivity contribution < 1.29 is 17.9 Å². The highest BCUT2D eigenvalue weighted by Crippen LogP contribution is 2.27. The maximum Gasteiger partial charge on any atom is 0.266 e. The summed E-state index contributed by atoms with van der Waals surface area (Å²) in [7, 11) is -0.800. The number of rotatable bonds is 7. The lowest BCUT2D eigenvalue weighted by molar-refractivity contribution is 0.402. The van der Waals surface area contributed by atoms with Gasteiger partial charge in [-0.1, -0.05) is 12.1 Å². The Morgan fingerprint density at radius 2 is 1.75 bits per heavy atom. The van der Waals surface area contributed by atoms with Gasteiger partial charge in [0.05, 0.1) is 26.1 Å². The SMILES string of the molecule is COc1cccc(Nc2ccc(NS(=O)(=O)c3cc(C)ccc3OC)nc2)c1. The second kappa shape index (κ2) is 8.18. The van der Waals surface area contributed by atoms with Crippen LogP contribution in [0.2, 0.25) is 0 Å². The number of benzene rings is 2. The van der Waals surface area contributed by atoms with Crippen LogP contribution < -0.4 is 19.5 Å². The fourth-order valence-corrected chi connectivity index (χ4v) is 3.85. The van der Waals surface area contributed by atoms with Crippen LogP contribution in [0.5, 0.6) is 11.5 Å². The summed E-state index contributed by atoms with van der Waals surface area (Å²) in [6.45, 7) is 1.82. The van der Waals surface area contributed by atoms with Crippen molar-refractivity contribution >= 4 is 27.2 Å². The molecule has 3 aromatic rings. The third-order valence-corrected chi connectivity index (χ3v) is 5.35. The van der Waals surface area contributed by atoms with E-state index >= 15 is 0 Å². The van der Waals surface area contributed by atoms with Crippen LogP contribution in [0.25, 0.3) is 0 Å². The third kappa shape index (κ3) is 4.52. The zero-order valence-electron chi connectivity index (χ0n) is 15.8. The van der Waals surface area contributed by atoms with Gasteiger partial charge in [-0.05, 0) is 48.9 Å². The van der Waals surface area contributed by atoms with Gasteiger partial charge in [0.1, 0.15) is 22.2 Å². The Morgan fingerprint density at radius 3 is 2.43 bits per heavy atom. The van der Waals surface area contributed by atoms with Crippen LogP contribution in [0.1, 0.15) is 5.56 Å². The minimum atomic E-state index is -3.83. The van der Waals surface area contributed by atoms with Crippen molar-refractivity contribution in [3.63, 3.8) is 0 Å². The van der Waals surface area contributed by atoms with Crippen LogP contribution in [-0.4, -0.2) is 27.6 Å². The Bertz CT molecular complexity index is 1070. The van der Waals surface area contributed by atoms with Crippen molar-refractivity contribution in [1.82, 2.24) is 4.98 Å². The number of nitrogens with zero attached hydrogens (tertiary/aromatic N) is 1. The van der Waals surface area contributed by atoms with Gasteiger partial charge in [0.25, 0.3) is 10.0 Å². The van der Waals surface area contributed by atoms with Crippen molar-refractivity contribution in [3.8, 4) is 11.5 Å². The molecule has 0 aliphatic heterocycles. The summed E-state index contributed by atoms with van der Waals surface area (Å²) in [5.74, 6) is 1.21. The second-order valence-corrected chi connectivity index (χ2v) is 7.70. The Kier molecular flexibility index (Phi) is 5.70. The van der Waals surface area contributed by atoms with Crippen molar-refractivity contribution in [1.29, 1.82) is 0 Å². The van der Waals surface area contributed by atoms with E-state index in [1.165, 1.54) is 7.11 Å². The Balaban J connectivity index is 1.77. The standard InChI is InChI=1S/C20H21N3O4S/c1-14-7-9-18(27-3)19(11-14)28(24,25)23-20-10-8-16(13-21-20)22-15-5-4-6-17(12-15)26-2/h4-13,22H,1-3H3,(H,21,23). The predicted molar refractivity (Wildman–Crippen MR) is 109 cm³/mol. The van der Waals surface area contributed by atoms with E-state index in [0.717, 1.165) is 17.0 Å². The zero-order chi connectivity index (χ0) is 20.1. The van der Waals surface area contributed by atoms with E-state index in [2.05, 4.69) is 15.0 Å². The molecule has 0 aliphatic carbocycles. The molecule has 0 bridgehead atoms. The Morgan fingerprint density at radius 1 is 0.929 bits per heavy atom. The van der Waals surface area contributed by atoms with Crippen LogP contribution in [0.3, 0.4) is 0 Å². The van der Waals surface area contributed by atoms with E-state index in [4.69, 9.17) is 9.47 Å². The first-order valence-electron chi connectivity index (χ1n) is 8.46. The van der Waals surface area contributed by atoms with Crippen molar-refractivity contribution in [2.24, 2.45) is 0 Å². The lowest BCUT2D eigenvalue weighted by Gasteiger charge is -2.12. The summed E-state index contributed by atoms with van der Waals surface area (Å²) >= 11 is 0. The minimum Gasteiger partial charge on any atom is -0.497 e. The highest BCUT2D eigenvalue weighted by molar-refractivity contribution is 7.92. The van der Waals surface area contributed by atoms with E-state index < -0.39 is 10.0 Å². The highest BCUT2D eigenvalue weighted by atomic mass is 32.2. The van der Waals surface area contributed by atoms with E-state index in [1.54, 1.807) is 43.6 Å². The smallest absolute Gasteiger partial charge is 0.266 e. The predicted octanol–water partition coefficient (Wildman–Crippen LogP) is 3.95. The lowest BCUT2D eigenvalue weighted by Crippen LogP contribution is -2.15. The summed E-state index contributed by atoms with van der Waals surface area (Å²) in [6, 6.07) is 15.7. The van der Waals surface area contributed by atoms with Gasteiger partial charge < -0.3 is 14.8 Å². The summed E-state index contributed by atoms with van der Waals surface area (Å²) in [5.41, 5.74) is 2.36. The number of nitrogens with one attached hydrogen (secondary N) is 2. The molecule has 8 heteroatoms. The summed E-state index contributed by atoms with van der Waals surface area (Å²) < 4.78 is 38.3. The molecular formula is C20H21N3O4S. The number of anilines is 3. The number of sulfonamides is 1. The van der Waals surface area contributed by atoms with Gasteiger partial charge in [0.15, 0.2) is 0 Å². The number of pyridine rings is 1. The molecular weight excluding hydrogens is 378 g/mol. The van der Waals surface area contributed by atoms with Gasteiger partial charge in [0.2, 0.25) is 0 Å². The molecule has 28 heavy (non-hydrogen) atoms. The molecule has 0 spiro atoms. The van der Waals surface area contributed by atoms with E-state index in [1.807, 2.05) is 31.2 Å². The van der Waals surface area contributed by atoms with Gasteiger partial charge in [-0.25, -0.2) is 13.4 Å². The second-order valence-electron chi connectivity index (χ2n) is 6.05. The van der Waals surface area contributed by atoms with Gasteiger partial charge in [0, 0.05) is 11.8 Å². The maximum atomic E-state index is 12.7. The first-order valence-corrected chi connectivity index (χ1v) is 9.94. The van der Waals surface area contributed by atoms with Gasteiger partial charge in [-0.2, -0.15) is 0 Å². The molecule has 3 rings (SSSR count). The molecule has 0 atom stereocenters. The Hall–Kier alpha value is -3.26. The zero-order valence-corrected chi connectivity index (χ0v) is 16.6. The molecule has 0 saturated heterocycles. The molecule has 0 fully saturated rings. The molecule has 0 saturated carbocycles. The molecule has 0 unspecified atom stereocenters. The lowest BCUT2D eigenvalue weighted by atomic mass is 10.2. The summed E-state index contributed by atoms with van der Waals surface area (Å²) in [6.07, 6.45) is 1.55. The van der Waals surface area contributed by atoms with Crippen molar-refractivity contribution in [2.75, 3.05) is 24.3 Å². The molecule has 0 aliphatic rings. The first kappa shape index (κ1) is 19.5. The third-order valence-electron chi connectivity index (χ3n) is 3.97. The fourth-order valence-electron chi connectivity index (χ4n) is 2.58. The molecule has 2 aromatic carbocycles. The largest absolute Gasteiger partial charge is 0.497 e. The molecule has 146 valence electrons. The van der Waals surface area contributed by atoms with Crippen LogP contribution in [-0.2, 0) is 10.0 Å². The van der Waals surface area contributed by atoms with E-state index in [-0.39, 0.29) is 16.5 Å². The molecule has 1 aromatic heterocycles. The molecule has 0 amide bonds. The van der Waals surface area contributed by atoms with Gasteiger partial charge in [-0.15, -0.1) is 0 Å². The average Bonchev–Trinajstić information content (AvgIpc) is 2.69. The number of methoxy groups -OCH3 is 2. The number of hydrogen-bond donors (Lipinski definition) is 2. The van der Waals surface area contributed by atoms with Gasteiger partial charge >= 0.3 is 0 Å². The topological polar surface area (TPSA) is 89.6 Å². The molecule has 7 nitrogen and oxygen atoms in total. The Labute approximate surface area is 164 Å². The molecule has 2 N–H and O–H groups in total. The maximum absolute atomic E-state index is 12.7. The van der Waals surface area contributed by atoms with Crippen LogP contribution >= 0.6 is 0 Å². The molecule has 1 heterocycles. The number of hydrogen-bond acceptors (Lipinski definition) is 6. The van der Waals surface area contributed by atoms with Crippen LogP contribution in [0, 0.1) is 6.92 Å². The normalized spacial score (nSPS) is 11.0. The number of ether oxygens (including phenoxy) is 2. The monoisotopic (exact) mass is 399 g/mol. The van der Waals surface area contributed by atoms with Crippen molar-refractivity contribution in [3.05, 3.63) is 66.4 Å². The number of aromatic nitrogens is 1.